The second-order valence-electron chi connectivity index (χ2n) is 11.4. The average Bonchev–Trinajstić information content (AvgIpc) is 2.99. The normalized spacial score (nSPS) is 22.1. The number of likely N-dealkylation sites (tertiary alicyclic amines) is 1. The molecule has 0 spiro atoms. The number of rotatable bonds is 8. The minimum atomic E-state index is -1.35. The molecule has 6 rings (SSSR count). The first-order valence-electron chi connectivity index (χ1n) is 14.9. The molecule has 0 saturated carbocycles. The van der Waals surface area contributed by atoms with Crippen molar-refractivity contribution in [1.29, 1.82) is 0 Å². The number of nitrogens with zero attached hydrogens (tertiary/aromatic N) is 6. The first kappa shape index (κ1) is 29.2. The van der Waals surface area contributed by atoms with Gasteiger partial charge in [-0.1, -0.05) is 0 Å². The molecule has 3 aromatic rings. The monoisotopic (exact) mass is 591 g/mol. The van der Waals surface area contributed by atoms with E-state index < -0.39 is 24.3 Å². The number of amides is 1. The Morgan fingerprint density at radius 3 is 2.51 bits per heavy atom. The van der Waals surface area contributed by atoms with Crippen LogP contribution in [0.15, 0.2) is 48.8 Å². The fourth-order valence-electron chi connectivity index (χ4n) is 5.72. The highest BCUT2D eigenvalue weighted by Crippen LogP contribution is 2.29. The Morgan fingerprint density at radius 1 is 1.09 bits per heavy atom. The van der Waals surface area contributed by atoms with E-state index in [4.69, 9.17) is 9.47 Å². The third-order valence-electron chi connectivity index (χ3n) is 8.37. The van der Waals surface area contributed by atoms with Gasteiger partial charge in [-0.3, -0.25) is 9.69 Å². The van der Waals surface area contributed by atoms with Crippen LogP contribution in [0.1, 0.15) is 18.9 Å². The SMILES string of the molecule is Cc1cc(-c2ncnc(Nc3ccc(N4CCN(C5COC5)CC4)cc3)n2)ccc1O[C@H]1CCN(C(=O)[C@H](C)O)C[C@H]1F. The lowest BCUT2D eigenvalue weighted by molar-refractivity contribution is -0.143. The summed E-state index contributed by atoms with van der Waals surface area (Å²) in [5.41, 5.74) is 3.68. The number of aliphatic hydroxyl groups excluding tert-OH is 1. The van der Waals surface area contributed by atoms with E-state index in [-0.39, 0.29) is 6.54 Å². The van der Waals surface area contributed by atoms with Crippen LogP contribution in [0.4, 0.5) is 21.7 Å². The molecule has 3 fully saturated rings. The van der Waals surface area contributed by atoms with Crippen molar-refractivity contribution in [3.8, 4) is 17.1 Å². The molecule has 3 atom stereocenters. The zero-order chi connectivity index (χ0) is 29.9. The van der Waals surface area contributed by atoms with Crippen LogP contribution >= 0.6 is 0 Å². The number of carbonyl (C=O) groups is 1. The van der Waals surface area contributed by atoms with Gasteiger partial charge >= 0.3 is 0 Å². The van der Waals surface area contributed by atoms with Crippen LogP contribution in [-0.2, 0) is 9.53 Å². The molecule has 0 unspecified atom stereocenters. The molecule has 228 valence electrons. The van der Waals surface area contributed by atoms with Gasteiger partial charge in [-0.05, 0) is 61.9 Å². The molecule has 11 nitrogen and oxygen atoms in total. The topological polar surface area (TPSA) is 116 Å². The molecule has 43 heavy (non-hydrogen) atoms. The maximum Gasteiger partial charge on any atom is 0.251 e. The number of aromatic nitrogens is 3. The molecule has 4 heterocycles. The summed E-state index contributed by atoms with van der Waals surface area (Å²) in [6, 6.07) is 14.4. The predicted octanol–water partition coefficient (Wildman–Crippen LogP) is 2.81. The summed E-state index contributed by atoms with van der Waals surface area (Å²) in [6.45, 7) is 9.35. The van der Waals surface area contributed by atoms with Gasteiger partial charge in [-0.15, -0.1) is 0 Å². The number of aliphatic hydroxyl groups is 1. The minimum absolute atomic E-state index is 0.0948. The smallest absolute Gasteiger partial charge is 0.251 e. The maximum atomic E-state index is 14.8. The van der Waals surface area contributed by atoms with Gasteiger partial charge in [0.2, 0.25) is 5.95 Å². The fraction of sp³-hybridized carbons (Fsp3) is 0.484. The Morgan fingerprint density at radius 2 is 1.86 bits per heavy atom. The van der Waals surface area contributed by atoms with E-state index in [9.17, 15) is 14.3 Å². The molecule has 3 saturated heterocycles. The molecular formula is C31H38FN7O4. The van der Waals surface area contributed by atoms with E-state index >= 15 is 0 Å². The number of anilines is 3. The van der Waals surface area contributed by atoms with E-state index in [1.54, 1.807) is 6.07 Å². The first-order valence-corrected chi connectivity index (χ1v) is 14.9. The molecule has 2 aromatic carbocycles. The van der Waals surface area contributed by atoms with Crippen molar-refractivity contribution < 1.29 is 23.8 Å². The molecule has 3 aliphatic rings. The highest BCUT2D eigenvalue weighted by Gasteiger charge is 2.34. The van der Waals surface area contributed by atoms with Gasteiger partial charge in [0, 0.05) is 56.1 Å². The number of nitrogens with one attached hydrogen (secondary N) is 1. The Kier molecular flexibility index (Phi) is 8.68. The van der Waals surface area contributed by atoms with Crippen molar-refractivity contribution in [2.24, 2.45) is 0 Å². The summed E-state index contributed by atoms with van der Waals surface area (Å²) in [5.74, 6) is 1.05. The number of halogens is 1. The summed E-state index contributed by atoms with van der Waals surface area (Å²) >= 11 is 0. The van der Waals surface area contributed by atoms with Gasteiger partial charge in [0.1, 0.15) is 24.3 Å². The van der Waals surface area contributed by atoms with Crippen LogP contribution < -0.4 is 15.0 Å². The van der Waals surface area contributed by atoms with Crippen LogP contribution in [0.25, 0.3) is 11.4 Å². The predicted molar refractivity (Wildman–Crippen MR) is 160 cm³/mol. The molecule has 3 aliphatic heterocycles. The minimum Gasteiger partial charge on any atom is -0.487 e. The molecule has 0 aliphatic carbocycles. The Hall–Kier alpha value is -3.87. The Labute approximate surface area is 250 Å². The highest BCUT2D eigenvalue weighted by atomic mass is 19.1. The zero-order valence-electron chi connectivity index (χ0n) is 24.5. The average molecular weight is 592 g/mol. The van der Waals surface area contributed by atoms with Crippen molar-refractivity contribution in [2.45, 2.75) is 44.7 Å². The number of alkyl halides is 1. The third kappa shape index (κ3) is 6.71. The van der Waals surface area contributed by atoms with E-state index in [1.807, 2.05) is 31.2 Å². The number of benzene rings is 2. The molecule has 0 radical (unpaired) electrons. The lowest BCUT2D eigenvalue weighted by Gasteiger charge is -2.43. The van der Waals surface area contributed by atoms with Crippen LogP contribution in [0.5, 0.6) is 5.75 Å². The molecule has 1 amide bonds. The quantitative estimate of drug-likeness (QED) is 0.405. The second kappa shape index (κ2) is 12.8. The number of ether oxygens (including phenoxy) is 2. The van der Waals surface area contributed by atoms with Gasteiger partial charge < -0.3 is 29.7 Å². The number of hydrogen-bond acceptors (Lipinski definition) is 10. The van der Waals surface area contributed by atoms with Gasteiger partial charge in [-0.2, -0.15) is 4.98 Å². The molecule has 2 N–H and O–H groups in total. The summed E-state index contributed by atoms with van der Waals surface area (Å²) in [7, 11) is 0. The summed E-state index contributed by atoms with van der Waals surface area (Å²) in [4.78, 5) is 31.5. The molecule has 12 heteroatoms. The molecule has 1 aromatic heterocycles. The fourth-order valence-corrected chi connectivity index (χ4v) is 5.72. The van der Waals surface area contributed by atoms with E-state index in [1.165, 1.54) is 23.8 Å². The number of carbonyl (C=O) groups excluding carboxylic acids is 1. The van der Waals surface area contributed by atoms with E-state index in [0.29, 0.717) is 36.5 Å². The number of hydrogen-bond donors (Lipinski definition) is 2. The highest BCUT2D eigenvalue weighted by molar-refractivity contribution is 5.80. The van der Waals surface area contributed by atoms with E-state index in [2.05, 4.69) is 42.2 Å². The standard InChI is InChI=1S/C31H38FN7O4/c1-20-15-22(3-8-27(20)43-28-9-10-39(16-26(28)32)30(41)21(2)40)29-33-19-34-31(36-29)35-23-4-6-24(7-5-23)37-11-13-38(14-12-37)25-17-42-18-25/h3-8,15,19,21,25-26,28,40H,9-14,16-18H2,1-2H3,(H,33,34,35,36)/t21-,26+,28-/m0/s1. The van der Waals surface area contributed by atoms with Crippen LogP contribution in [-0.4, -0.2) is 113 Å². The van der Waals surface area contributed by atoms with Gasteiger partial charge in [0.25, 0.3) is 5.91 Å². The van der Waals surface area contributed by atoms with Crippen molar-refractivity contribution >= 4 is 23.2 Å². The van der Waals surface area contributed by atoms with Crippen LogP contribution in [0.3, 0.4) is 0 Å². The lowest BCUT2D eigenvalue weighted by atomic mass is 10.0. The van der Waals surface area contributed by atoms with E-state index in [0.717, 1.165) is 56.2 Å². The Bertz CT molecular complexity index is 1410. The van der Waals surface area contributed by atoms with Crippen molar-refractivity contribution in [3.05, 3.63) is 54.4 Å². The number of piperazine rings is 1. The lowest BCUT2D eigenvalue weighted by Crippen LogP contribution is -2.56. The summed E-state index contributed by atoms with van der Waals surface area (Å²) in [5, 5.41) is 12.8. The first-order chi connectivity index (χ1) is 20.8. The summed E-state index contributed by atoms with van der Waals surface area (Å²) in [6.07, 6.45) is -1.34. The van der Waals surface area contributed by atoms with Crippen LogP contribution in [0, 0.1) is 6.92 Å². The number of piperidine rings is 1. The van der Waals surface area contributed by atoms with Gasteiger partial charge in [0.05, 0.1) is 25.8 Å². The Balaban J connectivity index is 1.05. The van der Waals surface area contributed by atoms with Crippen molar-refractivity contribution in [1.82, 2.24) is 24.8 Å². The molecule has 0 bridgehead atoms. The summed E-state index contributed by atoms with van der Waals surface area (Å²) < 4.78 is 26.2. The van der Waals surface area contributed by atoms with Gasteiger partial charge in [-0.25, -0.2) is 14.4 Å². The maximum absolute atomic E-state index is 14.8. The second-order valence-corrected chi connectivity index (χ2v) is 11.4. The number of aryl methyl sites for hydroxylation is 1. The van der Waals surface area contributed by atoms with Crippen LogP contribution in [0.2, 0.25) is 0 Å². The van der Waals surface area contributed by atoms with Crippen molar-refractivity contribution in [2.75, 3.05) is 62.7 Å². The van der Waals surface area contributed by atoms with Crippen molar-refractivity contribution in [3.63, 3.8) is 0 Å². The largest absolute Gasteiger partial charge is 0.487 e. The van der Waals surface area contributed by atoms with Gasteiger partial charge in [0.15, 0.2) is 12.0 Å². The zero-order valence-corrected chi connectivity index (χ0v) is 24.5. The molecular weight excluding hydrogens is 553 g/mol. The third-order valence-corrected chi connectivity index (χ3v) is 8.37.